The van der Waals surface area contributed by atoms with E-state index in [1.54, 1.807) is 18.2 Å². The Morgan fingerprint density at radius 2 is 1.66 bits per heavy atom. The predicted molar refractivity (Wildman–Crippen MR) is 177 cm³/mol. The predicted octanol–water partition coefficient (Wildman–Crippen LogP) is 4.51. The van der Waals surface area contributed by atoms with Crippen LogP contribution in [0.15, 0.2) is 42.5 Å². The van der Waals surface area contributed by atoms with E-state index in [1.165, 1.54) is 0 Å². The van der Waals surface area contributed by atoms with Crippen LogP contribution in [0.25, 0.3) is 0 Å². The van der Waals surface area contributed by atoms with Crippen LogP contribution in [-0.4, -0.2) is 77.8 Å². The number of anilines is 1. The molecule has 3 aromatic rings. The minimum absolute atomic E-state index is 0.106. The van der Waals surface area contributed by atoms with Crippen molar-refractivity contribution in [3.8, 4) is 17.5 Å². The molecule has 268 valence electrons. The number of rotatable bonds is 10. The van der Waals surface area contributed by atoms with Crippen molar-refractivity contribution in [2.75, 3.05) is 38.8 Å². The number of carbonyl (C=O) groups excluding carboxylic acids is 4. The van der Waals surface area contributed by atoms with Crippen molar-refractivity contribution in [1.29, 1.82) is 0 Å². The average Bonchev–Trinajstić information content (AvgIpc) is 3.08. The molecular formula is C35H41F2N5O8. The van der Waals surface area contributed by atoms with Crippen LogP contribution >= 0.6 is 0 Å². The standard InChI is InChI=1S/C35H41F2N5O8/c1-22(43)31(45)38-20-25(32(46)47-3)18-28(44)27-13-10-24-16-29(27)49-15-7-5-4-6-14-48-26-11-8-23(9-12-26)19-39-33-40-30(17-24)41-34(42-33)50-21-35(2,36)37/h8-13,16,25H,4-7,14-15,17-21H2,1-3H3,(H,38,45)(H,39,40,41,42)/t25-/m0/s1. The molecule has 15 heteroatoms. The molecule has 2 aliphatic rings. The second kappa shape index (κ2) is 18.0. The normalized spacial score (nSPS) is 14.4. The summed E-state index contributed by atoms with van der Waals surface area (Å²) in [4.78, 5) is 62.1. The minimum Gasteiger partial charge on any atom is -0.494 e. The number of esters is 1. The van der Waals surface area contributed by atoms with E-state index in [-0.39, 0.29) is 48.5 Å². The van der Waals surface area contributed by atoms with Crippen molar-refractivity contribution >= 4 is 29.4 Å². The second-order valence-corrected chi connectivity index (χ2v) is 11.9. The van der Waals surface area contributed by atoms with Crippen LogP contribution in [-0.2, 0) is 32.1 Å². The van der Waals surface area contributed by atoms with Crippen molar-refractivity contribution in [3.63, 3.8) is 0 Å². The van der Waals surface area contributed by atoms with Crippen molar-refractivity contribution in [3.05, 3.63) is 65.0 Å². The lowest BCUT2D eigenvalue weighted by Gasteiger charge is -2.17. The third-order valence-electron chi connectivity index (χ3n) is 7.56. The average molecular weight is 698 g/mol. The molecule has 2 N–H and O–H groups in total. The Bertz CT molecular complexity index is 1650. The number of halogens is 2. The van der Waals surface area contributed by atoms with Crippen LogP contribution < -0.4 is 24.8 Å². The van der Waals surface area contributed by atoms with Gasteiger partial charge in [0, 0.05) is 39.8 Å². The zero-order valence-electron chi connectivity index (χ0n) is 28.3. The zero-order valence-corrected chi connectivity index (χ0v) is 28.3. The van der Waals surface area contributed by atoms with E-state index in [9.17, 15) is 28.0 Å². The Kier molecular flexibility index (Phi) is 13.5. The van der Waals surface area contributed by atoms with Crippen LogP contribution in [0.1, 0.15) is 73.3 Å². The summed E-state index contributed by atoms with van der Waals surface area (Å²) < 4.78 is 49.3. The molecule has 6 bridgehead atoms. The fourth-order valence-electron chi connectivity index (χ4n) is 4.92. The van der Waals surface area contributed by atoms with Gasteiger partial charge in [-0.15, -0.1) is 0 Å². The van der Waals surface area contributed by atoms with Crippen molar-refractivity contribution in [2.45, 2.75) is 64.8 Å². The van der Waals surface area contributed by atoms with Gasteiger partial charge in [0.1, 0.15) is 17.3 Å². The molecule has 3 heterocycles. The maximum Gasteiger partial charge on any atom is 0.321 e. The van der Waals surface area contributed by atoms with Gasteiger partial charge in [0.2, 0.25) is 11.7 Å². The Morgan fingerprint density at radius 3 is 2.34 bits per heavy atom. The summed E-state index contributed by atoms with van der Waals surface area (Å²) in [6, 6.07) is 12.1. The molecule has 1 amide bonds. The fourth-order valence-corrected chi connectivity index (χ4v) is 4.92. The molecule has 2 aromatic carbocycles. The number of Topliss-reactive ketones (excluding diaryl/α,β-unsaturated/α-hetero) is 2. The highest BCUT2D eigenvalue weighted by molar-refractivity contribution is 6.35. The van der Waals surface area contributed by atoms with E-state index in [1.807, 2.05) is 24.3 Å². The van der Waals surface area contributed by atoms with Crippen LogP contribution in [0.4, 0.5) is 14.7 Å². The highest BCUT2D eigenvalue weighted by atomic mass is 19.3. The molecule has 0 spiro atoms. The molecule has 1 aromatic heterocycles. The molecule has 50 heavy (non-hydrogen) atoms. The van der Waals surface area contributed by atoms with Gasteiger partial charge in [-0.25, -0.2) is 8.78 Å². The first-order valence-electron chi connectivity index (χ1n) is 16.3. The molecule has 0 unspecified atom stereocenters. The topological polar surface area (TPSA) is 168 Å². The van der Waals surface area contributed by atoms with Gasteiger partial charge in [-0.3, -0.25) is 19.2 Å². The zero-order chi connectivity index (χ0) is 36.1. The van der Waals surface area contributed by atoms with Crippen molar-refractivity contribution in [2.24, 2.45) is 5.92 Å². The third-order valence-corrected chi connectivity index (χ3v) is 7.56. The lowest BCUT2D eigenvalue weighted by molar-refractivity contribution is -0.145. The lowest BCUT2D eigenvalue weighted by atomic mass is 9.96. The number of aromatic nitrogens is 3. The van der Waals surface area contributed by atoms with E-state index in [4.69, 9.17) is 18.9 Å². The Morgan fingerprint density at radius 1 is 0.960 bits per heavy atom. The first-order valence-corrected chi connectivity index (χ1v) is 16.3. The summed E-state index contributed by atoms with van der Waals surface area (Å²) in [5.41, 5.74) is 1.74. The maximum absolute atomic E-state index is 13.6. The van der Waals surface area contributed by atoms with E-state index in [2.05, 4.69) is 25.6 Å². The van der Waals surface area contributed by atoms with Crippen LogP contribution in [0.5, 0.6) is 17.5 Å². The summed E-state index contributed by atoms with van der Waals surface area (Å²) >= 11 is 0. The molecule has 0 aliphatic carbocycles. The summed E-state index contributed by atoms with van der Waals surface area (Å²) in [5.74, 6) is -5.65. The molecule has 1 atom stereocenters. The molecule has 0 saturated heterocycles. The molecular weight excluding hydrogens is 656 g/mol. The highest BCUT2D eigenvalue weighted by Gasteiger charge is 2.27. The van der Waals surface area contributed by atoms with Gasteiger partial charge in [0.15, 0.2) is 12.4 Å². The second-order valence-electron chi connectivity index (χ2n) is 11.9. The van der Waals surface area contributed by atoms with Gasteiger partial charge >= 0.3 is 12.0 Å². The summed E-state index contributed by atoms with van der Waals surface area (Å²) in [6.45, 7) is 1.77. The largest absolute Gasteiger partial charge is 0.494 e. The van der Waals surface area contributed by atoms with E-state index in [0.29, 0.717) is 31.7 Å². The van der Waals surface area contributed by atoms with Crippen molar-refractivity contribution < 1.29 is 46.9 Å². The van der Waals surface area contributed by atoms with Crippen LogP contribution in [0.3, 0.4) is 0 Å². The molecule has 5 rings (SSSR count). The molecule has 0 radical (unpaired) electrons. The Balaban J connectivity index is 1.63. The highest BCUT2D eigenvalue weighted by Crippen LogP contribution is 2.26. The first-order chi connectivity index (χ1) is 23.9. The van der Waals surface area contributed by atoms with Gasteiger partial charge in [-0.2, -0.15) is 15.0 Å². The Hall–Kier alpha value is -5.21. The summed E-state index contributed by atoms with van der Waals surface area (Å²) in [7, 11) is 1.16. The minimum atomic E-state index is -3.12. The lowest BCUT2D eigenvalue weighted by Crippen LogP contribution is -2.37. The number of amides is 1. The SMILES string of the molecule is COC(=O)[C@H](CNC(=O)C(C)=O)CC(=O)c1ccc2cc1OCCCCCCOc1ccc(cc1)CNc1nc(nc(OCC(C)(F)F)n1)C2. The number of carbonyl (C=O) groups is 4. The number of benzene rings is 2. The number of nitrogens with one attached hydrogen (secondary N) is 2. The smallest absolute Gasteiger partial charge is 0.321 e. The van der Waals surface area contributed by atoms with Gasteiger partial charge in [0.25, 0.3) is 11.8 Å². The Labute approximate surface area is 288 Å². The van der Waals surface area contributed by atoms with E-state index >= 15 is 0 Å². The van der Waals surface area contributed by atoms with Crippen molar-refractivity contribution in [1.82, 2.24) is 20.3 Å². The number of fused-ring (bicyclic) bond motifs is 10. The molecule has 13 nitrogen and oxygen atoms in total. The number of hydrogen-bond donors (Lipinski definition) is 2. The number of ketones is 2. The number of nitrogens with zero attached hydrogens (tertiary/aromatic N) is 3. The molecule has 0 fully saturated rings. The molecule has 2 aliphatic heterocycles. The summed E-state index contributed by atoms with van der Waals surface area (Å²) in [5, 5.41) is 5.45. The third kappa shape index (κ3) is 12.0. The first kappa shape index (κ1) is 37.6. The van der Waals surface area contributed by atoms with E-state index in [0.717, 1.165) is 51.5 Å². The number of methoxy groups -OCH3 is 1. The quantitative estimate of drug-likeness (QED) is 0.173. The monoisotopic (exact) mass is 697 g/mol. The van der Waals surface area contributed by atoms with Gasteiger partial charge in [0.05, 0.1) is 31.8 Å². The fraction of sp³-hybridized carbons (Fsp3) is 0.457. The van der Waals surface area contributed by atoms with Gasteiger partial charge in [-0.1, -0.05) is 18.2 Å². The van der Waals surface area contributed by atoms with Gasteiger partial charge in [-0.05, 0) is 61.1 Å². The van der Waals surface area contributed by atoms with Gasteiger partial charge < -0.3 is 29.6 Å². The number of alkyl halides is 2. The van der Waals surface area contributed by atoms with E-state index < -0.39 is 41.9 Å². The van der Waals surface area contributed by atoms with Crippen LogP contribution in [0, 0.1) is 5.92 Å². The number of ether oxygens (including phenoxy) is 4. The number of hydrogen-bond acceptors (Lipinski definition) is 12. The maximum atomic E-state index is 13.6. The van der Waals surface area contributed by atoms with Crippen LogP contribution in [0.2, 0.25) is 0 Å². The summed E-state index contributed by atoms with van der Waals surface area (Å²) in [6.07, 6.45) is 3.07. The molecule has 0 saturated carbocycles.